The van der Waals surface area contributed by atoms with Gasteiger partial charge in [0.25, 0.3) is 0 Å². The molecule has 0 aliphatic rings. The molecule has 1 N–H and O–H groups in total. The standard InChI is InChI=1S/C17H18BrNO2S/c1-21-16-8-6-12(10-15(16)18)7-9-17(20)19-13-4-3-5-14(11-13)22-2/h3-6,8,10-11H,7,9H2,1-2H3,(H,19,20). The highest BCUT2D eigenvalue weighted by Crippen LogP contribution is 2.26. The van der Waals surface area contributed by atoms with Gasteiger partial charge in [0.05, 0.1) is 11.6 Å². The van der Waals surface area contributed by atoms with Crippen molar-refractivity contribution in [3.8, 4) is 5.75 Å². The topological polar surface area (TPSA) is 38.3 Å². The predicted octanol–water partition coefficient (Wildman–Crippen LogP) is 4.75. The Balaban J connectivity index is 1.91. The van der Waals surface area contributed by atoms with E-state index in [9.17, 15) is 4.79 Å². The molecule has 1 amide bonds. The summed E-state index contributed by atoms with van der Waals surface area (Å²) in [7, 11) is 1.63. The fraction of sp³-hybridized carbons (Fsp3) is 0.235. The second kappa shape index (κ2) is 8.25. The average molecular weight is 380 g/mol. The van der Waals surface area contributed by atoms with Crippen LogP contribution in [0.25, 0.3) is 0 Å². The van der Waals surface area contributed by atoms with Crippen LogP contribution in [0.4, 0.5) is 5.69 Å². The van der Waals surface area contributed by atoms with Crippen LogP contribution in [0, 0.1) is 0 Å². The molecule has 0 fully saturated rings. The van der Waals surface area contributed by atoms with Crippen LogP contribution in [-0.4, -0.2) is 19.3 Å². The van der Waals surface area contributed by atoms with Crippen LogP contribution in [-0.2, 0) is 11.2 Å². The highest BCUT2D eigenvalue weighted by molar-refractivity contribution is 9.10. The number of nitrogens with one attached hydrogen (secondary N) is 1. The van der Waals surface area contributed by atoms with Crippen LogP contribution >= 0.6 is 27.7 Å². The molecule has 0 saturated carbocycles. The van der Waals surface area contributed by atoms with E-state index in [1.165, 1.54) is 0 Å². The highest BCUT2D eigenvalue weighted by atomic mass is 79.9. The normalized spacial score (nSPS) is 10.3. The van der Waals surface area contributed by atoms with E-state index in [0.29, 0.717) is 12.8 Å². The number of ether oxygens (including phenoxy) is 1. The van der Waals surface area contributed by atoms with Gasteiger partial charge in [-0.3, -0.25) is 4.79 Å². The first-order chi connectivity index (χ1) is 10.6. The summed E-state index contributed by atoms with van der Waals surface area (Å²) < 4.78 is 6.10. The zero-order valence-electron chi connectivity index (χ0n) is 12.6. The minimum Gasteiger partial charge on any atom is -0.496 e. The molecule has 0 bridgehead atoms. The monoisotopic (exact) mass is 379 g/mol. The molecule has 22 heavy (non-hydrogen) atoms. The summed E-state index contributed by atoms with van der Waals surface area (Å²) in [4.78, 5) is 13.2. The lowest BCUT2D eigenvalue weighted by molar-refractivity contribution is -0.116. The van der Waals surface area contributed by atoms with Gasteiger partial charge in [0.2, 0.25) is 5.91 Å². The molecule has 3 nitrogen and oxygen atoms in total. The van der Waals surface area contributed by atoms with Gasteiger partial charge in [0, 0.05) is 17.0 Å². The molecule has 0 atom stereocenters. The first kappa shape index (κ1) is 16.9. The number of amides is 1. The Morgan fingerprint density at radius 2 is 2.09 bits per heavy atom. The maximum Gasteiger partial charge on any atom is 0.224 e. The number of carbonyl (C=O) groups is 1. The van der Waals surface area contributed by atoms with E-state index in [2.05, 4.69) is 21.2 Å². The number of benzene rings is 2. The number of halogens is 1. The van der Waals surface area contributed by atoms with Gasteiger partial charge in [0.1, 0.15) is 5.75 Å². The van der Waals surface area contributed by atoms with E-state index in [0.717, 1.165) is 26.4 Å². The molecule has 2 aromatic carbocycles. The molecule has 5 heteroatoms. The minimum absolute atomic E-state index is 0.0187. The predicted molar refractivity (Wildman–Crippen MR) is 95.9 cm³/mol. The van der Waals surface area contributed by atoms with Crippen molar-refractivity contribution in [3.63, 3.8) is 0 Å². The SMILES string of the molecule is COc1ccc(CCC(=O)Nc2cccc(SC)c2)cc1Br. The average Bonchev–Trinajstić information content (AvgIpc) is 2.53. The van der Waals surface area contributed by atoms with Gasteiger partial charge in [0.15, 0.2) is 0 Å². The van der Waals surface area contributed by atoms with E-state index in [4.69, 9.17) is 4.74 Å². The van der Waals surface area contributed by atoms with Crippen molar-refractivity contribution in [1.82, 2.24) is 0 Å². The molecule has 0 saturated heterocycles. The number of methoxy groups -OCH3 is 1. The van der Waals surface area contributed by atoms with Crippen molar-refractivity contribution in [2.75, 3.05) is 18.7 Å². The molecular weight excluding hydrogens is 362 g/mol. The van der Waals surface area contributed by atoms with Gasteiger partial charge in [-0.2, -0.15) is 0 Å². The van der Waals surface area contributed by atoms with E-state index in [1.54, 1.807) is 18.9 Å². The summed E-state index contributed by atoms with van der Waals surface area (Å²) >= 11 is 5.11. The van der Waals surface area contributed by atoms with Crippen molar-refractivity contribution in [2.45, 2.75) is 17.7 Å². The van der Waals surface area contributed by atoms with Crippen molar-refractivity contribution in [1.29, 1.82) is 0 Å². The first-order valence-corrected chi connectivity index (χ1v) is 8.90. The van der Waals surface area contributed by atoms with E-state index < -0.39 is 0 Å². The summed E-state index contributed by atoms with van der Waals surface area (Å²) in [6.07, 6.45) is 3.15. The summed E-state index contributed by atoms with van der Waals surface area (Å²) in [6.45, 7) is 0. The van der Waals surface area contributed by atoms with Crippen molar-refractivity contribution in [3.05, 3.63) is 52.5 Å². The molecule has 0 spiro atoms. The Labute approximate surface area is 143 Å². The fourth-order valence-corrected chi connectivity index (χ4v) is 3.10. The zero-order chi connectivity index (χ0) is 15.9. The Morgan fingerprint density at radius 1 is 1.27 bits per heavy atom. The van der Waals surface area contributed by atoms with Crippen LogP contribution in [0.1, 0.15) is 12.0 Å². The number of thioether (sulfide) groups is 1. The highest BCUT2D eigenvalue weighted by Gasteiger charge is 2.06. The maximum atomic E-state index is 12.0. The Morgan fingerprint density at radius 3 is 2.77 bits per heavy atom. The third kappa shape index (κ3) is 4.78. The third-order valence-electron chi connectivity index (χ3n) is 3.21. The van der Waals surface area contributed by atoms with Gasteiger partial charge < -0.3 is 10.1 Å². The van der Waals surface area contributed by atoms with E-state index in [1.807, 2.05) is 48.7 Å². The van der Waals surface area contributed by atoms with Crippen molar-refractivity contribution in [2.24, 2.45) is 0 Å². The second-order valence-electron chi connectivity index (χ2n) is 4.75. The third-order valence-corrected chi connectivity index (χ3v) is 4.56. The number of carbonyl (C=O) groups excluding carboxylic acids is 1. The quantitative estimate of drug-likeness (QED) is 0.735. The largest absolute Gasteiger partial charge is 0.496 e. The summed E-state index contributed by atoms with van der Waals surface area (Å²) in [5, 5.41) is 2.94. The minimum atomic E-state index is 0.0187. The lowest BCUT2D eigenvalue weighted by Gasteiger charge is -2.08. The van der Waals surface area contributed by atoms with Gasteiger partial charge >= 0.3 is 0 Å². The van der Waals surface area contributed by atoms with Crippen LogP contribution in [0.15, 0.2) is 51.8 Å². The lowest BCUT2D eigenvalue weighted by atomic mass is 10.1. The Kier molecular flexibility index (Phi) is 6.34. The number of hydrogen-bond acceptors (Lipinski definition) is 3. The molecular formula is C17H18BrNO2S. The Bertz CT molecular complexity index is 661. The molecule has 2 rings (SSSR count). The Hall–Kier alpha value is -1.46. The number of hydrogen-bond donors (Lipinski definition) is 1. The van der Waals surface area contributed by atoms with Crippen LogP contribution in [0.3, 0.4) is 0 Å². The second-order valence-corrected chi connectivity index (χ2v) is 6.48. The molecule has 0 unspecified atom stereocenters. The van der Waals surface area contributed by atoms with E-state index in [-0.39, 0.29) is 5.91 Å². The number of rotatable bonds is 6. The molecule has 0 aromatic heterocycles. The van der Waals surface area contributed by atoms with Crippen molar-refractivity contribution < 1.29 is 9.53 Å². The van der Waals surface area contributed by atoms with Gasteiger partial charge in [-0.25, -0.2) is 0 Å². The molecule has 116 valence electrons. The van der Waals surface area contributed by atoms with Crippen molar-refractivity contribution >= 4 is 39.3 Å². The van der Waals surface area contributed by atoms with Gasteiger partial charge in [-0.1, -0.05) is 12.1 Å². The van der Waals surface area contributed by atoms with Crippen LogP contribution in [0.2, 0.25) is 0 Å². The first-order valence-electron chi connectivity index (χ1n) is 6.88. The number of anilines is 1. The summed E-state index contributed by atoms with van der Waals surface area (Å²) in [6, 6.07) is 13.7. The molecule has 0 aliphatic carbocycles. The van der Waals surface area contributed by atoms with Crippen LogP contribution in [0.5, 0.6) is 5.75 Å². The fourth-order valence-electron chi connectivity index (χ4n) is 2.05. The van der Waals surface area contributed by atoms with Gasteiger partial charge in [-0.05, 0) is 64.5 Å². The van der Waals surface area contributed by atoms with Gasteiger partial charge in [-0.15, -0.1) is 11.8 Å². The smallest absolute Gasteiger partial charge is 0.224 e. The zero-order valence-corrected chi connectivity index (χ0v) is 15.0. The van der Waals surface area contributed by atoms with Crippen LogP contribution < -0.4 is 10.1 Å². The summed E-state index contributed by atoms with van der Waals surface area (Å²) in [5.74, 6) is 0.812. The maximum absolute atomic E-state index is 12.0. The molecule has 0 radical (unpaired) electrons. The molecule has 2 aromatic rings. The van der Waals surface area contributed by atoms with E-state index >= 15 is 0 Å². The molecule has 0 aliphatic heterocycles. The lowest BCUT2D eigenvalue weighted by Crippen LogP contribution is -2.12. The number of aryl methyl sites for hydroxylation is 1. The molecule has 0 heterocycles. The summed E-state index contributed by atoms with van der Waals surface area (Å²) in [5.41, 5.74) is 1.94.